The largest absolute Gasteiger partial charge is 0.497 e. The van der Waals surface area contributed by atoms with Gasteiger partial charge in [0.25, 0.3) is 5.56 Å². The quantitative estimate of drug-likeness (QED) is 0.641. The number of benzene rings is 2. The van der Waals surface area contributed by atoms with Crippen LogP contribution >= 0.6 is 23.4 Å². The summed E-state index contributed by atoms with van der Waals surface area (Å²) in [7, 11) is 1.60. The van der Waals surface area contributed by atoms with Crippen LogP contribution < -0.4 is 10.3 Å². The fourth-order valence-corrected chi connectivity index (χ4v) is 3.17. The first-order valence-corrected chi connectivity index (χ1v) is 8.63. The number of thioether (sulfide) groups is 1. The van der Waals surface area contributed by atoms with Crippen LogP contribution in [0.1, 0.15) is 5.56 Å². The topological polar surface area (TPSA) is 44.1 Å². The molecule has 0 saturated carbocycles. The summed E-state index contributed by atoms with van der Waals surface area (Å²) >= 11 is 7.29. The van der Waals surface area contributed by atoms with Crippen LogP contribution in [0, 0.1) is 0 Å². The SMILES string of the molecule is COc1cccc(-n2ccnc(SCc3ccc(Cl)cc3)c2=O)c1. The van der Waals surface area contributed by atoms with E-state index in [9.17, 15) is 4.79 Å². The molecule has 0 unspecified atom stereocenters. The van der Waals surface area contributed by atoms with Crippen LogP contribution in [0.2, 0.25) is 5.02 Å². The highest BCUT2D eigenvalue weighted by Crippen LogP contribution is 2.20. The third-order valence-corrected chi connectivity index (χ3v) is 4.71. The molecule has 0 bridgehead atoms. The summed E-state index contributed by atoms with van der Waals surface area (Å²) in [6.07, 6.45) is 3.29. The van der Waals surface area contributed by atoms with E-state index in [2.05, 4.69) is 4.98 Å². The molecule has 3 aromatic rings. The highest BCUT2D eigenvalue weighted by molar-refractivity contribution is 7.98. The number of methoxy groups -OCH3 is 1. The maximum Gasteiger partial charge on any atom is 0.287 e. The summed E-state index contributed by atoms with van der Waals surface area (Å²) in [6, 6.07) is 14.9. The predicted octanol–water partition coefficient (Wildman–Crippen LogP) is 4.19. The lowest BCUT2D eigenvalue weighted by Gasteiger charge is -2.09. The van der Waals surface area contributed by atoms with Gasteiger partial charge in [-0.2, -0.15) is 0 Å². The van der Waals surface area contributed by atoms with Gasteiger partial charge in [-0.3, -0.25) is 9.36 Å². The van der Waals surface area contributed by atoms with Crippen LogP contribution in [0.5, 0.6) is 5.75 Å². The van der Waals surface area contributed by atoms with Gasteiger partial charge in [0.05, 0.1) is 12.8 Å². The molecule has 2 aromatic carbocycles. The minimum atomic E-state index is -0.148. The summed E-state index contributed by atoms with van der Waals surface area (Å²) in [5, 5.41) is 1.15. The first kappa shape index (κ1) is 16.6. The van der Waals surface area contributed by atoms with E-state index in [4.69, 9.17) is 16.3 Å². The van der Waals surface area contributed by atoms with Crippen molar-refractivity contribution >= 4 is 23.4 Å². The van der Waals surface area contributed by atoms with Gasteiger partial charge in [0.15, 0.2) is 5.03 Å². The monoisotopic (exact) mass is 358 g/mol. The van der Waals surface area contributed by atoms with Crippen molar-refractivity contribution in [2.45, 2.75) is 10.8 Å². The predicted molar refractivity (Wildman–Crippen MR) is 97.4 cm³/mol. The van der Waals surface area contributed by atoms with Crippen LogP contribution in [-0.4, -0.2) is 16.7 Å². The standard InChI is InChI=1S/C18H15ClN2O2S/c1-23-16-4-2-3-15(11-16)21-10-9-20-17(18(21)22)24-12-13-5-7-14(19)8-6-13/h2-11H,12H2,1H3. The van der Waals surface area contributed by atoms with Crippen molar-refractivity contribution in [1.29, 1.82) is 0 Å². The Bertz CT molecular complexity index is 894. The van der Waals surface area contributed by atoms with Gasteiger partial charge in [0, 0.05) is 29.2 Å². The normalized spacial score (nSPS) is 10.6. The molecular weight excluding hydrogens is 344 g/mol. The Labute approximate surface area is 149 Å². The highest BCUT2D eigenvalue weighted by Gasteiger charge is 2.08. The Hall–Kier alpha value is -2.24. The van der Waals surface area contributed by atoms with Crippen LogP contribution in [0.3, 0.4) is 0 Å². The van der Waals surface area contributed by atoms with E-state index in [-0.39, 0.29) is 5.56 Å². The van der Waals surface area contributed by atoms with Gasteiger partial charge in [-0.15, -0.1) is 0 Å². The Kier molecular flexibility index (Phi) is 5.23. The first-order chi connectivity index (χ1) is 11.7. The molecule has 0 radical (unpaired) electrons. The number of nitrogens with zero attached hydrogens (tertiary/aromatic N) is 2. The molecule has 0 atom stereocenters. The molecule has 3 rings (SSSR count). The number of rotatable bonds is 5. The molecule has 0 amide bonds. The summed E-state index contributed by atoms with van der Waals surface area (Å²) in [5.74, 6) is 1.35. The molecule has 0 N–H and O–H groups in total. The van der Waals surface area contributed by atoms with E-state index in [0.717, 1.165) is 11.3 Å². The third kappa shape index (κ3) is 3.80. The second kappa shape index (κ2) is 7.55. The highest BCUT2D eigenvalue weighted by atomic mass is 35.5. The average Bonchev–Trinajstić information content (AvgIpc) is 2.62. The zero-order chi connectivity index (χ0) is 16.9. The smallest absolute Gasteiger partial charge is 0.287 e. The fraction of sp³-hybridized carbons (Fsp3) is 0.111. The lowest BCUT2D eigenvalue weighted by molar-refractivity contribution is 0.414. The van der Waals surface area contributed by atoms with Gasteiger partial charge < -0.3 is 4.74 Å². The zero-order valence-electron chi connectivity index (χ0n) is 13.0. The van der Waals surface area contributed by atoms with Crippen molar-refractivity contribution in [3.8, 4) is 11.4 Å². The molecule has 24 heavy (non-hydrogen) atoms. The Balaban J connectivity index is 1.85. The zero-order valence-corrected chi connectivity index (χ0v) is 14.6. The lowest BCUT2D eigenvalue weighted by Crippen LogP contribution is -2.20. The molecule has 0 aliphatic rings. The van der Waals surface area contributed by atoms with Crippen molar-refractivity contribution in [2.24, 2.45) is 0 Å². The molecular formula is C18H15ClN2O2S. The fourth-order valence-electron chi connectivity index (χ4n) is 2.19. The molecule has 122 valence electrons. The molecule has 6 heteroatoms. The van der Waals surface area contributed by atoms with E-state index >= 15 is 0 Å². The van der Waals surface area contributed by atoms with Crippen LogP contribution in [-0.2, 0) is 5.75 Å². The molecule has 0 aliphatic heterocycles. The van der Waals surface area contributed by atoms with E-state index in [1.165, 1.54) is 11.8 Å². The van der Waals surface area contributed by atoms with Crippen molar-refractivity contribution in [3.63, 3.8) is 0 Å². The number of hydrogen-bond donors (Lipinski definition) is 0. The van der Waals surface area contributed by atoms with Crippen molar-refractivity contribution in [1.82, 2.24) is 9.55 Å². The molecule has 0 aliphatic carbocycles. The van der Waals surface area contributed by atoms with Gasteiger partial charge in [0.1, 0.15) is 5.75 Å². The van der Waals surface area contributed by atoms with Gasteiger partial charge in [-0.25, -0.2) is 4.98 Å². The summed E-state index contributed by atoms with van der Waals surface area (Å²) < 4.78 is 6.78. The van der Waals surface area contributed by atoms with Crippen LogP contribution in [0.25, 0.3) is 5.69 Å². The lowest BCUT2D eigenvalue weighted by atomic mass is 10.2. The molecule has 0 fully saturated rings. The Morgan fingerprint density at radius 2 is 2.00 bits per heavy atom. The van der Waals surface area contributed by atoms with E-state index in [0.29, 0.717) is 21.6 Å². The molecule has 1 heterocycles. The van der Waals surface area contributed by atoms with Gasteiger partial charge in [-0.1, -0.05) is 41.6 Å². The number of ether oxygens (including phenoxy) is 1. The summed E-state index contributed by atoms with van der Waals surface area (Å²) in [5.41, 5.74) is 1.68. The Morgan fingerprint density at radius 1 is 1.21 bits per heavy atom. The first-order valence-electron chi connectivity index (χ1n) is 7.27. The van der Waals surface area contributed by atoms with E-state index in [1.807, 2.05) is 48.5 Å². The summed E-state index contributed by atoms with van der Waals surface area (Å²) in [4.78, 5) is 16.9. The van der Waals surface area contributed by atoms with Gasteiger partial charge in [0.2, 0.25) is 0 Å². The second-order valence-corrected chi connectivity index (χ2v) is 6.42. The molecule has 1 aromatic heterocycles. The van der Waals surface area contributed by atoms with Crippen molar-refractivity contribution in [2.75, 3.05) is 7.11 Å². The molecule has 4 nitrogen and oxygen atoms in total. The minimum Gasteiger partial charge on any atom is -0.497 e. The molecule has 0 spiro atoms. The maximum absolute atomic E-state index is 12.7. The van der Waals surface area contributed by atoms with Gasteiger partial charge >= 0.3 is 0 Å². The third-order valence-electron chi connectivity index (χ3n) is 3.43. The Morgan fingerprint density at radius 3 is 2.75 bits per heavy atom. The van der Waals surface area contributed by atoms with Gasteiger partial charge in [-0.05, 0) is 29.8 Å². The molecule has 0 saturated heterocycles. The summed E-state index contributed by atoms with van der Waals surface area (Å²) in [6.45, 7) is 0. The van der Waals surface area contributed by atoms with Crippen molar-refractivity contribution < 1.29 is 4.74 Å². The van der Waals surface area contributed by atoms with Crippen LogP contribution in [0.4, 0.5) is 0 Å². The van der Waals surface area contributed by atoms with Crippen molar-refractivity contribution in [3.05, 3.63) is 81.9 Å². The maximum atomic E-state index is 12.7. The average molecular weight is 359 g/mol. The van der Waals surface area contributed by atoms with E-state index in [1.54, 1.807) is 24.1 Å². The van der Waals surface area contributed by atoms with Crippen LogP contribution in [0.15, 0.2) is 70.7 Å². The second-order valence-electron chi connectivity index (χ2n) is 5.02. The number of hydrogen-bond acceptors (Lipinski definition) is 4. The van der Waals surface area contributed by atoms with E-state index < -0.39 is 0 Å². The number of halogens is 1. The number of aromatic nitrogens is 2. The minimum absolute atomic E-state index is 0.148.